The van der Waals surface area contributed by atoms with Gasteiger partial charge in [-0.25, -0.2) is 4.79 Å². The Bertz CT molecular complexity index is 1330. The maximum absolute atomic E-state index is 13.0. The van der Waals surface area contributed by atoms with Crippen LogP contribution in [0.1, 0.15) is 56.7 Å². The molecule has 200 valence electrons. The second kappa shape index (κ2) is 10.7. The zero-order chi connectivity index (χ0) is 26.8. The van der Waals surface area contributed by atoms with Gasteiger partial charge in [-0.3, -0.25) is 4.79 Å². The number of benzene rings is 2. The van der Waals surface area contributed by atoms with Crippen molar-refractivity contribution in [1.29, 1.82) is 0 Å². The van der Waals surface area contributed by atoms with Gasteiger partial charge in [0.2, 0.25) is 5.82 Å². The normalized spacial score (nSPS) is 17.4. The number of hydrogen-bond acceptors (Lipinski definition) is 7. The number of rotatable bonds is 7. The largest absolute Gasteiger partial charge is 0.489 e. The fourth-order valence-electron chi connectivity index (χ4n) is 5.33. The number of aliphatic carboxylic acids is 1. The van der Waals surface area contributed by atoms with Gasteiger partial charge in [-0.1, -0.05) is 23.4 Å². The summed E-state index contributed by atoms with van der Waals surface area (Å²) in [5.74, 6) is 0.828. The van der Waals surface area contributed by atoms with Crippen LogP contribution in [0.15, 0.2) is 40.9 Å². The van der Waals surface area contributed by atoms with Gasteiger partial charge < -0.3 is 30.3 Å². The summed E-state index contributed by atoms with van der Waals surface area (Å²) in [7, 11) is 0. The second-order valence-electron chi connectivity index (χ2n) is 10.3. The maximum atomic E-state index is 13.0. The van der Waals surface area contributed by atoms with Crippen molar-refractivity contribution in [2.24, 2.45) is 5.92 Å². The highest BCUT2D eigenvalue weighted by atomic mass is 16.5. The lowest BCUT2D eigenvalue weighted by Gasteiger charge is -2.32. The monoisotopic (exact) mass is 519 g/mol. The van der Waals surface area contributed by atoms with Crippen molar-refractivity contribution in [3.05, 3.63) is 47.5 Å². The third-order valence-corrected chi connectivity index (χ3v) is 7.22. The van der Waals surface area contributed by atoms with Crippen LogP contribution in [0.4, 0.5) is 10.5 Å². The van der Waals surface area contributed by atoms with Gasteiger partial charge in [0, 0.05) is 30.6 Å². The van der Waals surface area contributed by atoms with Crippen molar-refractivity contribution in [2.75, 3.05) is 18.8 Å². The first-order valence-electron chi connectivity index (χ1n) is 13.1. The van der Waals surface area contributed by atoms with Gasteiger partial charge in [-0.2, -0.15) is 4.98 Å². The number of carboxylic acid groups (broad SMARTS) is 1. The fourth-order valence-corrected chi connectivity index (χ4v) is 5.33. The molecule has 1 aliphatic carbocycles. The summed E-state index contributed by atoms with van der Waals surface area (Å²) in [6.07, 6.45) is 3.18. The number of nitrogen functional groups attached to an aromatic ring is 1. The predicted molar refractivity (Wildman–Crippen MR) is 141 cm³/mol. The SMILES string of the molecule is CC(C)Oc1ccc(-c2nc(-c3cccc4c3CC[C@@H]4NC(=O)N3CCC(CC(=O)O)CC3)no2)cc1N. The summed E-state index contributed by atoms with van der Waals surface area (Å²) in [5, 5.41) is 16.4. The van der Waals surface area contributed by atoms with E-state index < -0.39 is 5.97 Å². The topological polar surface area (TPSA) is 144 Å². The minimum Gasteiger partial charge on any atom is -0.489 e. The predicted octanol–water partition coefficient (Wildman–Crippen LogP) is 4.66. The molecule has 0 spiro atoms. The van der Waals surface area contributed by atoms with E-state index in [1.165, 1.54) is 0 Å². The van der Waals surface area contributed by atoms with E-state index in [2.05, 4.69) is 15.5 Å². The number of nitrogens with zero attached hydrogens (tertiary/aromatic N) is 3. The molecule has 0 bridgehead atoms. The van der Waals surface area contributed by atoms with E-state index in [1.807, 2.05) is 38.1 Å². The van der Waals surface area contributed by atoms with Crippen molar-refractivity contribution in [3.8, 4) is 28.6 Å². The van der Waals surface area contributed by atoms with Crippen molar-refractivity contribution < 1.29 is 24.0 Å². The van der Waals surface area contributed by atoms with Crippen LogP contribution < -0.4 is 15.8 Å². The standard InChI is InChI=1S/C28H33N5O5/c1-16(2)37-24-9-6-18(15-22(24)29)27-31-26(32-38-27)21-5-3-4-20-19(21)7-8-23(20)30-28(36)33-12-10-17(11-13-33)14-25(34)35/h3-6,9,15-17,23H,7-8,10-14,29H2,1-2H3,(H,30,36)(H,34,35)/t23-/m0/s1. The summed E-state index contributed by atoms with van der Waals surface area (Å²) in [5.41, 5.74) is 10.4. The Labute approximate surface area is 221 Å². The fraction of sp³-hybridized carbons (Fsp3) is 0.429. The van der Waals surface area contributed by atoms with Crippen LogP contribution in [0.25, 0.3) is 22.8 Å². The molecule has 2 aliphatic rings. The van der Waals surface area contributed by atoms with E-state index in [1.54, 1.807) is 17.0 Å². The number of urea groups is 1. The average molecular weight is 520 g/mol. The number of ether oxygens (including phenoxy) is 1. The molecule has 1 saturated heterocycles. The number of anilines is 1. The molecule has 10 nitrogen and oxygen atoms in total. The van der Waals surface area contributed by atoms with Gasteiger partial charge >= 0.3 is 12.0 Å². The minimum atomic E-state index is -0.779. The molecule has 2 amide bonds. The zero-order valence-electron chi connectivity index (χ0n) is 21.6. The number of carbonyl (C=O) groups is 2. The van der Waals surface area contributed by atoms with E-state index in [4.69, 9.17) is 20.1 Å². The van der Waals surface area contributed by atoms with Crippen LogP contribution in [0.2, 0.25) is 0 Å². The molecule has 2 heterocycles. The third-order valence-electron chi connectivity index (χ3n) is 7.22. The van der Waals surface area contributed by atoms with Gasteiger partial charge in [-0.15, -0.1) is 0 Å². The zero-order valence-corrected chi connectivity index (χ0v) is 21.6. The molecule has 2 aromatic carbocycles. The smallest absolute Gasteiger partial charge is 0.317 e. The van der Waals surface area contributed by atoms with Gasteiger partial charge in [-0.05, 0) is 74.8 Å². The first-order valence-corrected chi connectivity index (χ1v) is 13.1. The van der Waals surface area contributed by atoms with Gasteiger partial charge in [0.1, 0.15) is 5.75 Å². The van der Waals surface area contributed by atoms with Crippen LogP contribution in [0.5, 0.6) is 5.75 Å². The second-order valence-corrected chi connectivity index (χ2v) is 10.3. The van der Waals surface area contributed by atoms with Crippen LogP contribution in [0, 0.1) is 5.92 Å². The highest BCUT2D eigenvalue weighted by molar-refractivity contribution is 5.76. The Morgan fingerprint density at radius 2 is 2.00 bits per heavy atom. The molecular formula is C28H33N5O5. The van der Waals surface area contributed by atoms with E-state index >= 15 is 0 Å². The first kappa shape index (κ1) is 25.6. The van der Waals surface area contributed by atoms with Gasteiger partial charge in [0.25, 0.3) is 5.89 Å². The van der Waals surface area contributed by atoms with E-state index in [9.17, 15) is 9.59 Å². The van der Waals surface area contributed by atoms with Crippen LogP contribution in [0.3, 0.4) is 0 Å². The highest BCUT2D eigenvalue weighted by Crippen LogP contribution is 2.38. The molecule has 1 atom stereocenters. The number of amides is 2. The number of aromatic nitrogens is 2. The quantitative estimate of drug-likeness (QED) is 0.383. The number of hydrogen-bond donors (Lipinski definition) is 3. The average Bonchev–Trinajstić information content (AvgIpc) is 3.53. The highest BCUT2D eigenvalue weighted by Gasteiger charge is 2.30. The molecule has 3 aromatic rings. The lowest BCUT2D eigenvalue weighted by atomic mass is 9.94. The van der Waals surface area contributed by atoms with Crippen LogP contribution in [-0.4, -0.2) is 51.3 Å². The van der Waals surface area contributed by atoms with E-state index in [0.717, 1.165) is 29.5 Å². The third kappa shape index (κ3) is 5.44. The van der Waals surface area contributed by atoms with Crippen molar-refractivity contribution >= 4 is 17.7 Å². The molecule has 10 heteroatoms. The Morgan fingerprint density at radius 3 is 2.71 bits per heavy atom. The van der Waals surface area contributed by atoms with Gasteiger partial charge in [0.15, 0.2) is 0 Å². The molecule has 0 saturated carbocycles. The van der Waals surface area contributed by atoms with E-state index in [-0.39, 0.29) is 30.5 Å². The van der Waals surface area contributed by atoms with Crippen LogP contribution in [-0.2, 0) is 11.2 Å². The lowest BCUT2D eigenvalue weighted by molar-refractivity contribution is -0.138. The first-order chi connectivity index (χ1) is 18.3. The number of piperidine rings is 1. The number of fused-ring (bicyclic) bond motifs is 1. The van der Waals surface area contributed by atoms with Crippen LogP contribution >= 0.6 is 0 Å². The number of likely N-dealkylation sites (tertiary alicyclic amines) is 1. The Kier molecular flexibility index (Phi) is 7.22. The maximum Gasteiger partial charge on any atom is 0.317 e. The molecular weight excluding hydrogens is 486 g/mol. The number of nitrogens with two attached hydrogens (primary N) is 1. The molecule has 38 heavy (non-hydrogen) atoms. The summed E-state index contributed by atoms with van der Waals surface area (Å²) < 4.78 is 11.3. The minimum absolute atomic E-state index is 0.0166. The van der Waals surface area contributed by atoms with E-state index in [0.29, 0.717) is 54.6 Å². The number of nitrogens with one attached hydrogen (secondary N) is 1. The van der Waals surface area contributed by atoms with Crippen molar-refractivity contribution in [1.82, 2.24) is 20.4 Å². The molecule has 5 rings (SSSR count). The molecule has 1 fully saturated rings. The lowest BCUT2D eigenvalue weighted by Crippen LogP contribution is -2.45. The Balaban J connectivity index is 1.28. The summed E-state index contributed by atoms with van der Waals surface area (Å²) in [6.45, 7) is 5.03. The Morgan fingerprint density at radius 1 is 1.21 bits per heavy atom. The number of carbonyl (C=O) groups excluding carboxylic acids is 1. The summed E-state index contributed by atoms with van der Waals surface area (Å²) >= 11 is 0. The molecule has 4 N–H and O–H groups in total. The molecule has 1 aliphatic heterocycles. The summed E-state index contributed by atoms with van der Waals surface area (Å²) in [4.78, 5) is 30.4. The van der Waals surface area contributed by atoms with Gasteiger partial charge in [0.05, 0.1) is 17.8 Å². The number of carboxylic acids is 1. The Hall–Kier alpha value is -4.08. The molecule has 0 radical (unpaired) electrons. The van der Waals surface area contributed by atoms with Crippen molar-refractivity contribution in [3.63, 3.8) is 0 Å². The van der Waals surface area contributed by atoms with Crippen molar-refractivity contribution in [2.45, 2.75) is 58.1 Å². The molecule has 1 aromatic heterocycles. The summed E-state index contributed by atoms with van der Waals surface area (Å²) in [6, 6.07) is 11.2. The molecule has 0 unspecified atom stereocenters.